The van der Waals surface area contributed by atoms with Crippen LogP contribution in [0.25, 0.3) is 5.57 Å². The summed E-state index contributed by atoms with van der Waals surface area (Å²) in [6.07, 6.45) is 12.9. The fourth-order valence-electron chi connectivity index (χ4n) is 2.60. The molecule has 1 N–H and O–H groups in total. The van der Waals surface area contributed by atoms with Gasteiger partial charge in [0.25, 0.3) is 0 Å². The van der Waals surface area contributed by atoms with E-state index >= 15 is 0 Å². The molecule has 0 spiro atoms. The summed E-state index contributed by atoms with van der Waals surface area (Å²) in [5, 5.41) is 4.07. The van der Waals surface area contributed by atoms with Crippen LogP contribution in [0.1, 0.15) is 5.56 Å². The molecule has 4 rings (SSSR count). The monoisotopic (exact) mass is 316 g/mol. The molecule has 6 nitrogen and oxygen atoms in total. The predicted molar refractivity (Wildman–Crippen MR) is 93.6 cm³/mol. The lowest BCUT2D eigenvalue weighted by Gasteiger charge is -2.37. The number of pyridine rings is 3. The number of nitrogens with one attached hydrogen (secondary N) is 1. The molecule has 0 fully saturated rings. The Labute approximate surface area is 140 Å². The first-order chi connectivity index (χ1) is 11.9. The van der Waals surface area contributed by atoms with Crippen LogP contribution in [0.15, 0.2) is 79.8 Å². The van der Waals surface area contributed by atoms with Crippen LogP contribution in [0.2, 0.25) is 0 Å². The zero-order valence-electron chi connectivity index (χ0n) is 12.9. The van der Waals surface area contributed by atoms with Crippen molar-refractivity contribution in [1.82, 2.24) is 20.5 Å². The van der Waals surface area contributed by atoms with Crippen molar-refractivity contribution in [2.24, 2.45) is 0 Å². The second kappa shape index (κ2) is 6.47. The van der Waals surface area contributed by atoms with Crippen molar-refractivity contribution in [3.05, 3.63) is 85.3 Å². The van der Waals surface area contributed by atoms with Crippen LogP contribution in [0.4, 0.5) is 11.4 Å². The molecule has 6 heteroatoms. The average Bonchev–Trinajstić information content (AvgIpc) is 2.70. The first kappa shape index (κ1) is 14.3. The van der Waals surface area contributed by atoms with E-state index in [9.17, 15) is 0 Å². The number of nitrogens with zero attached hydrogens (tertiary/aromatic N) is 5. The predicted octanol–water partition coefficient (Wildman–Crippen LogP) is 2.66. The summed E-state index contributed by atoms with van der Waals surface area (Å²) < 4.78 is 0. The van der Waals surface area contributed by atoms with Crippen LogP contribution in [0, 0.1) is 0 Å². The Bertz CT molecular complexity index is 820. The molecule has 3 aromatic heterocycles. The minimum Gasteiger partial charge on any atom is -0.286 e. The van der Waals surface area contributed by atoms with Gasteiger partial charge in [-0.25, -0.2) is 0 Å². The second-order valence-electron chi connectivity index (χ2n) is 5.36. The smallest absolute Gasteiger partial charge is 0.0633 e. The van der Waals surface area contributed by atoms with Crippen LogP contribution in [-0.4, -0.2) is 21.5 Å². The SMILES string of the molecule is C1=C(c2ccncc2)CN(c2ccncc2)NN1c1ccncc1. The standard InChI is InChI=1S/C18H16N6/c1-7-19-8-2-15(1)16-13-23(17-3-9-20-10-4-17)22-24(14-16)18-5-11-21-12-6-18/h1-13,22H,14H2. The van der Waals surface area contributed by atoms with E-state index in [4.69, 9.17) is 0 Å². The lowest BCUT2D eigenvalue weighted by molar-refractivity contribution is 0.644. The molecule has 0 radical (unpaired) electrons. The van der Waals surface area contributed by atoms with E-state index in [2.05, 4.69) is 31.7 Å². The minimum atomic E-state index is 0.732. The Kier molecular flexibility index (Phi) is 3.87. The third-order valence-corrected chi connectivity index (χ3v) is 3.81. The van der Waals surface area contributed by atoms with Gasteiger partial charge in [-0.05, 0) is 47.5 Å². The zero-order valence-corrected chi connectivity index (χ0v) is 12.9. The molecule has 0 unspecified atom stereocenters. The van der Waals surface area contributed by atoms with Crippen LogP contribution in [-0.2, 0) is 0 Å². The van der Waals surface area contributed by atoms with Gasteiger partial charge in [0.05, 0.1) is 17.9 Å². The highest BCUT2D eigenvalue weighted by Crippen LogP contribution is 2.25. The third-order valence-electron chi connectivity index (χ3n) is 3.81. The maximum Gasteiger partial charge on any atom is 0.0633 e. The summed E-state index contributed by atoms with van der Waals surface area (Å²) in [5.74, 6) is 0. The van der Waals surface area contributed by atoms with Crippen molar-refractivity contribution in [2.75, 3.05) is 16.6 Å². The molecule has 0 bridgehead atoms. The lowest BCUT2D eigenvalue weighted by atomic mass is 10.1. The Morgan fingerprint density at radius 3 is 1.88 bits per heavy atom. The van der Waals surface area contributed by atoms with E-state index in [0.717, 1.165) is 23.5 Å². The van der Waals surface area contributed by atoms with E-state index in [1.165, 1.54) is 5.57 Å². The second-order valence-corrected chi connectivity index (χ2v) is 5.36. The lowest BCUT2D eigenvalue weighted by Crippen LogP contribution is -2.52. The zero-order chi connectivity index (χ0) is 16.2. The van der Waals surface area contributed by atoms with Gasteiger partial charge in [-0.15, -0.1) is 5.53 Å². The van der Waals surface area contributed by atoms with Gasteiger partial charge in [-0.3, -0.25) is 25.0 Å². The Morgan fingerprint density at radius 1 is 0.708 bits per heavy atom. The maximum atomic E-state index is 4.11. The van der Waals surface area contributed by atoms with Gasteiger partial charge >= 0.3 is 0 Å². The van der Waals surface area contributed by atoms with Crippen LogP contribution >= 0.6 is 0 Å². The molecule has 0 atom stereocenters. The molecule has 4 heterocycles. The molecule has 0 saturated carbocycles. The van der Waals surface area contributed by atoms with Crippen molar-refractivity contribution in [2.45, 2.75) is 0 Å². The summed E-state index contributed by atoms with van der Waals surface area (Å²) >= 11 is 0. The van der Waals surface area contributed by atoms with E-state index in [-0.39, 0.29) is 0 Å². The number of hydrogen-bond acceptors (Lipinski definition) is 6. The summed E-state index contributed by atoms with van der Waals surface area (Å²) in [5.41, 5.74) is 7.79. The van der Waals surface area contributed by atoms with Crippen molar-refractivity contribution in [1.29, 1.82) is 0 Å². The van der Waals surface area contributed by atoms with Crippen molar-refractivity contribution < 1.29 is 0 Å². The van der Waals surface area contributed by atoms with Gasteiger partial charge in [-0.1, -0.05) is 0 Å². The van der Waals surface area contributed by atoms with E-state index < -0.39 is 0 Å². The summed E-state index contributed by atoms with van der Waals surface area (Å²) in [6, 6.07) is 11.9. The Balaban J connectivity index is 1.73. The first-order valence-corrected chi connectivity index (χ1v) is 7.64. The molecule has 1 aliphatic heterocycles. The van der Waals surface area contributed by atoms with E-state index in [0.29, 0.717) is 0 Å². The van der Waals surface area contributed by atoms with Gasteiger partial charge in [0.15, 0.2) is 0 Å². The molecular weight excluding hydrogens is 300 g/mol. The number of hydrazine groups is 2. The van der Waals surface area contributed by atoms with Crippen LogP contribution in [0.5, 0.6) is 0 Å². The maximum absolute atomic E-state index is 4.11. The number of aromatic nitrogens is 3. The van der Waals surface area contributed by atoms with Gasteiger partial charge in [-0.2, -0.15) is 0 Å². The molecule has 1 aliphatic rings. The number of hydrogen-bond donors (Lipinski definition) is 1. The summed E-state index contributed by atoms with van der Waals surface area (Å²) in [4.78, 5) is 12.3. The Hall–Kier alpha value is -3.25. The van der Waals surface area contributed by atoms with Gasteiger partial charge in [0.1, 0.15) is 0 Å². The molecule has 3 aromatic rings. The van der Waals surface area contributed by atoms with Crippen molar-refractivity contribution in [3.8, 4) is 0 Å². The fourth-order valence-corrected chi connectivity index (χ4v) is 2.60. The highest BCUT2D eigenvalue weighted by atomic mass is 15.8. The van der Waals surface area contributed by atoms with Gasteiger partial charge in [0, 0.05) is 43.4 Å². The molecule has 0 amide bonds. The van der Waals surface area contributed by atoms with Crippen LogP contribution in [0.3, 0.4) is 0 Å². The molecule has 24 heavy (non-hydrogen) atoms. The normalized spacial score (nSPS) is 14.4. The van der Waals surface area contributed by atoms with Gasteiger partial charge < -0.3 is 0 Å². The molecule has 118 valence electrons. The third kappa shape index (κ3) is 2.95. The molecule has 0 aromatic carbocycles. The first-order valence-electron chi connectivity index (χ1n) is 7.64. The Morgan fingerprint density at radius 2 is 1.25 bits per heavy atom. The topological polar surface area (TPSA) is 57.2 Å². The van der Waals surface area contributed by atoms with Gasteiger partial charge in [0.2, 0.25) is 0 Å². The largest absolute Gasteiger partial charge is 0.286 e. The molecular formula is C18H16N6. The summed E-state index contributed by atoms with van der Waals surface area (Å²) in [6.45, 7) is 0.732. The highest BCUT2D eigenvalue weighted by molar-refractivity contribution is 5.74. The van der Waals surface area contributed by atoms with Crippen LogP contribution < -0.4 is 15.6 Å². The van der Waals surface area contributed by atoms with Crippen molar-refractivity contribution >= 4 is 16.9 Å². The molecule has 0 aliphatic carbocycles. The highest BCUT2D eigenvalue weighted by Gasteiger charge is 2.20. The molecule has 0 saturated heterocycles. The van der Waals surface area contributed by atoms with E-state index in [1.54, 1.807) is 24.8 Å². The summed E-state index contributed by atoms with van der Waals surface area (Å²) in [7, 11) is 0. The van der Waals surface area contributed by atoms with Crippen molar-refractivity contribution in [3.63, 3.8) is 0 Å². The average molecular weight is 316 g/mol. The minimum absolute atomic E-state index is 0.732. The van der Waals surface area contributed by atoms with E-state index in [1.807, 2.05) is 53.8 Å². The quantitative estimate of drug-likeness (QED) is 0.802. The fraction of sp³-hybridized carbons (Fsp3) is 0.0556. The number of anilines is 2. The number of rotatable bonds is 3.